The Kier molecular flexibility index (Phi) is 7.32. The number of rotatable bonds is 9. The van der Waals surface area contributed by atoms with Gasteiger partial charge in [0, 0.05) is 24.9 Å². The fourth-order valence-electron chi connectivity index (χ4n) is 5.21. The van der Waals surface area contributed by atoms with Crippen molar-refractivity contribution in [2.24, 2.45) is 5.92 Å². The number of halogens is 1. The van der Waals surface area contributed by atoms with Gasteiger partial charge < -0.3 is 24.3 Å². The molecule has 2 aliphatic carbocycles. The molecule has 1 heterocycles. The van der Waals surface area contributed by atoms with E-state index in [2.05, 4.69) is 11.4 Å². The molecule has 1 saturated heterocycles. The second kappa shape index (κ2) is 10.5. The molecule has 0 aromatic heterocycles. The van der Waals surface area contributed by atoms with Crippen LogP contribution in [0.15, 0.2) is 48.5 Å². The normalized spacial score (nSPS) is 28.3. The van der Waals surface area contributed by atoms with Crippen molar-refractivity contribution in [2.45, 2.75) is 82.4 Å². The summed E-state index contributed by atoms with van der Waals surface area (Å²) < 4.78 is 39.4. The van der Waals surface area contributed by atoms with Gasteiger partial charge in [0.1, 0.15) is 11.9 Å². The molecular formula is C29H33FN2O5. The van der Waals surface area contributed by atoms with E-state index in [9.17, 15) is 14.4 Å². The fraction of sp³-hybridized carbons (Fsp3) is 0.517. The van der Waals surface area contributed by atoms with Crippen LogP contribution in [0.4, 0.5) is 4.39 Å². The second-order valence-corrected chi connectivity index (χ2v) is 10.7. The number of carbonyl (C=O) groups is 1. The van der Waals surface area contributed by atoms with Crippen molar-refractivity contribution in [2.75, 3.05) is 6.54 Å². The first-order valence-electron chi connectivity index (χ1n) is 12.9. The molecule has 196 valence electrons. The minimum atomic E-state index is -1.26. The Morgan fingerprint density at radius 1 is 1.08 bits per heavy atom. The first-order valence-corrected chi connectivity index (χ1v) is 12.9. The molecule has 2 aromatic rings. The van der Waals surface area contributed by atoms with Crippen molar-refractivity contribution in [3.63, 3.8) is 0 Å². The van der Waals surface area contributed by atoms with Crippen molar-refractivity contribution in [3.8, 4) is 6.07 Å². The summed E-state index contributed by atoms with van der Waals surface area (Å²) in [5, 5.41) is 12.6. The lowest BCUT2D eigenvalue weighted by atomic mass is 9.78. The van der Waals surface area contributed by atoms with Crippen molar-refractivity contribution >= 4 is 5.91 Å². The monoisotopic (exact) mass is 508 g/mol. The molecule has 8 heteroatoms. The summed E-state index contributed by atoms with van der Waals surface area (Å²) in [7, 11) is 0. The first kappa shape index (κ1) is 25.8. The van der Waals surface area contributed by atoms with E-state index in [-0.39, 0.29) is 37.8 Å². The molecule has 5 rings (SSSR count). The lowest BCUT2D eigenvalue weighted by molar-refractivity contribution is -0.183. The summed E-state index contributed by atoms with van der Waals surface area (Å²) in [5.74, 6) is -0.936. The maximum absolute atomic E-state index is 14.3. The van der Waals surface area contributed by atoms with E-state index in [1.165, 1.54) is 6.07 Å². The van der Waals surface area contributed by atoms with Crippen LogP contribution in [0.25, 0.3) is 0 Å². The molecule has 1 N–H and O–H groups in total. The molecule has 2 aromatic carbocycles. The van der Waals surface area contributed by atoms with Crippen LogP contribution >= 0.6 is 0 Å². The third-order valence-corrected chi connectivity index (χ3v) is 7.36. The highest BCUT2D eigenvalue weighted by Crippen LogP contribution is 2.44. The molecule has 1 amide bonds. The van der Waals surface area contributed by atoms with Gasteiger partial charge in [0.15, 0.2) is 11.4 Å². The topological polar surface area (TPSA) is 89.8 Å². The van der Waals surface area contributed by atoms with Crippen molar-refractivity contribution in [1.82, 2.24) is 5.32 Å². The van der Waals surface area contributed by atoms with Crippen LogP contribution in [-0.4, -0.2) is 42.2 Å². The highest BCUT2D eigenvalue weighted by Gasteiger charge is 2.58. The maximum Gasteiger partial charge on any atom is 0.252 e. The minimum Gasteiger partial charge on any atom is -0.370 e. The number of nitrogens with one attached hydrogen (secondary N) is 1. The summed E-state index contributed by atoms with van der Waals surface area (Å²) >= 11 is 0. The van der Waals surface area contributed by atoms with Gasteiger partial charge in [-0.25, -0.2) is 4.39 Å². The van der Waals surface area contributed by atoms with Gasteiger partial charge in [-0.05, 0) is 50.3 Å². The van der Waals surface area contributed by atoms with Crippen LogP contribution in [0.5, 0.6) is 0 Å². The summed E-state index contributed by atoms with van der Waals surface area (Å²) in [5.41, 5.74) is 0.366. The zero-order valence-corrected chi connectivity index (χ0v) is 21.2. The number of nitriles is 1. The van der Waals surface area contributed by atoms with Gasteiger partial charge >= 0.3 is 0 Å². The minimum absolute atomic E-state index is 0.0292. The first-order chi connectivity index (χ1) is 17.8. The number of amides is 1. The Bertz CT molecular complexity index is 1180. The van der Waals surface area contributed by atoms with Crippen molar-refractivity contribution in [3.05, 3.63) is 71.0 Å². The van der Waals surface area contributed by atoms with Gasteiger partial charge in [0.25, 0.3) is 5.91 Å². The molecule has 7 nitrogen and oxygen atoms in total. The maximum atomic E-state index is 14.3. The van der Waals surface area contributed by atoms with Gasteiger partial charge in [-0.15, -0.1) is 0 Å². The van der Waals surface area contributed by atoms with E-state index in [4.69, 9.17) is 18.9 Å². The zero-order valence-electron chi connectivity index (χ0n) is 21.2. The molecule has 37 heavy (non-hydrogen) atoms. The fourth-order valence-corrected chi connectivity index (χ4v) is 5.21. The van der Waals surface area contributed by atoms with E-state index < -0.39 is 29.7 Å². The Morgan fingerprint density at radius 2 is 1.81 bits per heavy atom. The molecule has 1 unspecified atom stereocenters. The van der Waals surface area contributed by atoms with Crippen LogP contribution < -0.4 is 5.32 Å². The van der Waals surface area contributed by atoms with E-state index >= 15 is 0 Å². The Balaban J connectivity index is 1.42. The highest BCUT2D eigenvalue weighted by atomic mass is 19.1. The lowest BCUT2D eigenvalue weighted by Gasteiger charge is -2.43. The number of hydrogen-bond donors (Lipinski definition) is 1. The Labute approximate surface area is 216 Å². The smallest absolute Gasteiger partial charge is 0.252 e. The van der Waals surface area contributed by atoms with Crippen LogP contribution in [-0.2, 0) is 37.0 Å². The van der Waals surface area contributed by atoms with Crippen molar-refractivity contribution < 1.29 is 28.1 Å². The molecule has 0 radical (unpaired) electrons. The number of hydrogen-bond acceptors (Lipinski definition) is 6. The SMILES string of the molecule is CC1(C)O[C@@H]2C[C@@](OCc3ccccc3C#N)(C(=O)NCC3CC3)CC(OCc3ccccc3F)[C@@H]2O1. The van der Waals surface area contributed by atoms with E-state index in [1.54, 1.807) is 30.3 Å². The standard InChI is InChI=1S/C29H33FN2O5/c1-28(2)36-25-14-29(27(33)32-16-19-11-12-19,35-18-21-8-4-3-7-20(21)15-31)13-24(26(25)37-28)34-17-22-9-5-6-10-23(22)30/h3-10,19,24-26H,11-14,16-18H2,1-2H3,(H,32,33)/t24?,25-,26+,29-/m1/s1. The Hall–Kier alpha value is -2.83. The summed E-state index contributed by atoms with van der Waals surface area (Å²) in [6, 6.07) is 15.8. The highest BCUT2D eigenvalue weighted by molar-refractivity contribution is 5.85. The quantitative estimate of drug-likeness (QED) is 0.541. The summed E-state index contributed by atoms with van der Waals surface area (Å²) in [6.45, 7) is 4.37. The molecule has 3 aliphatic rings. The predicted octanol–water partition coefficient (Wildman–Crippen LogP) is 4.38. The third kappa shape index (κ3) is 5.86. The number of fused-ring (bicyclic) bond motifs is 1. The van der Waals surface area contributed by atoms with E-state index in [1.807, 2.05) is 26.0 Å². The lowest BCUT2D eigenvalue weighted by Crippen LogP contribution is -2.60. The molecule has 4 atom stereocenters. The van der Waals surface area contributed by atoms with Crippen LogP contribution in [0.3, 0.4) is 0 Å². The average Bonchev–Trinajstić information content (AvgIpc) is 3.66. The van der Waals surface area contributed by atoms with E-state index in [0.717, 1.165) is 12.8 Å². The predicted molar refractivity (Wildman–Crippen MR) is 132 cm³/mol. The molecule has 1 aliphatic heterocycles. The molecule has 2 saturated carbocycles. The van der Waals surface area contributed by atoms with Gasteiger partial charge in [-0.3, -0.25) is 4.79 Å². The summed E-state index contributed by atoms with van der Waals surface area (Å²) in [6.07, 6.45) is 1.26. The number of ether oxygens (including phenoxy) is 4. The third-order valence-electron chi connectivity index (χ3n) is 7.36. The van der Waals surface area contributed by atoms with Crippen molar-refractivity contribution in [1.29, 1.82) is 5.26 Å². The van der Waals surface area contributed by atoms with Gasteiger partial charge in [-0.1, -0.05) is 36.4 Å². The van der Waals surface area contributed by atoms with Gasteiger partial charge in [0.2, 0.25) is 0 Å². The Morgan fingerprint density at radius 3 is 2.54 bits per heavy atom. The number of nitrogens with zero attached hydrogens (tertiary/aromatic N) is 1. The number of benzene rings is 2. The van der Waals surface area contributed by atoms with Gasteiger partial charge in [-0.2, -0.15) is 5.26 Å². The second-order valence-electron chi connectivity index (χ2n) is 10.7. The molecule has 3 fully saturated rings. The van der Waals surface area contributed by atoms with Gasteiger partial charge in [0.05, 0.1) is 37.1 Å². The summed E-state index contributed by atoms with van der Waals surface area (Å²) in [4.78, 5) is 13.7. The number of carbonyl (C=O) groups excluding carboxylic acids is 1. The molecule has 0 bridgehead atoms. The molecule has 0 spiro atoms. The zero-order chi connectivity index (χ0) is 26.0. The largest absolute Gasteiger partial charge is 0.370 e. The molecular weight excluding hydrogens is 475 g/mol. The van der Waals surface area contributed by atoms with Crippen LogP contribution in [0, 0.1) is 23.1 Å². The van der Waals surface area contributed by atoms with Crippen LogP contribution in [0.1, 0.15) is 56.2 Å². The van der Waals surface area contributed by atoms with Crippen LogP contribution in [0.2, 0.25) is 0 Å². The average molecular weight is 509 g/mol. The van der Waals surface area contributed by atoms with E-state index in [0.29, 0.717) is 29.2 Å².